The molecule has 1 atom stereocenters. The Morgan fingerprint density at radius 2 is 2.00 bits per heavy atom. The number of amides is 3. The van der Waals surface area contributed by atoms with E-state index in [1.807, 2.05) is 30.3 Å². The molecule has 154 valence electrons. The van der Waals surface area contributed by atoms with Crippen LogP contribution in [0.1, 0.15) is 27.8 Å². The lowest BCUT2D eigenvalue weighted by molar-refractivity contribution is 0.0935. The van der Waals surface area contributed by atoms with Gasteiger partial charge >= 0.3 is 11.7 Å². The van der Waals surface area contributed by atoms with E-state index in [4.69, 9.17) is 11.6 Å². The highest BCUT2D eigenvalue weighted by Crippen LogP contribution is 2.25. The molecule has 0 spiro atoms. The fraction of sp³-hybridized carbons (Fsp3) is 0.200. The van der Waals surface area contributed by atoms with Gasteiger partial charge in [0.05, 0.1) is 16.6 Å². The molecule has 1 fully saturated rings. The first-order valence-electron chi connectivity index (χ1n) is 9.35. The molecule has 3 amide bonds. The quantitative estimate of drug-likeness (QED) is 0.481. The van der Waals surface area contributed by atoms with E-state index in [2.05, 4.69) is 25.8 Å². The zero-order valence-corrected chi connectivity index (χ0v) is 16.6. The van der Waals surface area contributed by atoms with Gasteiger partial charge in [-0.2, -0.15) is 5.10 Å². The molecule has 1 aliphatic heterocycles. The number of carbonyl (C=O) groups excluding carboxylic acids is 2. The summed E-state index contributed by atoms with van der Waals surface area (Å²) < 4.78 is 0. The summed E-state index contributed by atoms with van der Waals surface area (Å²) in [5, 5.41) is 12.2. The molecule has 4 N–H and O–H groups in total. The summed E-state index contributed by atoms with van der Waals surface area (Å²) in [7, 11) is 0. The minimum atomic E-state index is -0.589. The van der Waals surface area contributed by atoms with E-state index in [-0.39, 0.29) is 16.6 Å². The monoisotopic (exact) mass is 426 g/mol. The molecule has 3 aromatic rings. The van der Waals surface area contributed by atoms with E-state index in [1.165, 1.54) is 0 Å². The standard InChI is InChI=1S/C20H19ClN6O3/c21-15-7-6-13(27-9-8-22-20(27)30)11-14(15)18(28)23-16(17-24-19(29)26-25-17)10-12-4-2-1-3-5-12/h1-7,11,16H,8-10H2,(H,22,30)(H,23,28)(H2,24,25,26,29). The number of nitrogens with zero attached hydrogens (tertiary/aromatic N) is 2. The topological polar surface area (TPSA) is 123 Å². The Morgan fingerprint density at radius 3 is 2.67 bits per heavy atom. The predicted octanol–water partition coefficient (Wildman–Crippen LogP) is 1.99. The number of hydrogen-bond donors (Lipinski definition) is 4. The smallest absolute Gasteiger partial charge is 0.340 e. The van der Waals surface area contributed by atoms with Gasteiger partial charge in [0.1, 0.15) is 0 Å². The minimum Gasteiger partial charge on any atom is -0.342 e. The third-order valence-corrected chi connectivity index (χ3v) is 5.13. The maximum atomic E-state index is 13.1. The third-order valence-electron chi connectivity index (χ3n) is 4.80. The Hall–Kier alpha value is -3.59. The molecular formula is C20H19ClN6O3. The van der Waals surface area contributed by atoms with Crippen LogP contribution >= 0.6 is 11.6 Å². The normalized spacial score (nSPS) is 14.4. The number of anilines is 1. The molecule has 0 saturated carbocycles. The third kappa shape index (κ3) is 4.20. The molecule has 30 heavy (non-hydrogen) atoms. The number of urea groups is 1. The van der Waals surface area contributed by atoms with Gasteiger partial charge in [0.2, 0.25) is 0 Å². The average Bonchev–Trinajstić information content (AvgIpc) is 3.37. The number of aromatic nitrogens is 3. The van der Waals surface area contributed by atoms with Gasteiger partial charge < -0.3 is 10.6 Å². The number of carbonyl (C=O) groups is 2. The molecule has 1 unspecified atom stereocenters. The van der Waals surface area contributed by atoms with E-state index in [0.29, 0.717) is 31.0 Å². The number of halogens is 1. The summed E-state index contributed by atoms with van der Waals surface area (Å²) in [6.45, 7) is 1.04. The molecule has 9 nitrogen and oxygen atoms in total. The number of hydrogen-bond acceptors (Lipinski definition) is 4. The molecule has 10 heteroatoms. The van der Waals surface area contributed by atoms with E-state index in [1.54, 1.807) is 23.1 Å². The van der Waals surface area contributed by atoms with Crippen LogP contribution < -0.4 is 21.2 Å². The van der Waals surface area contributed by atoms with Crippen molar-refractivity contribution in [2.75, 3.05) is 18.0 Å². The van der Waals surface area contributed by atoms with Gasteiger partial charge in [-0.25, -0.2) is 14.7 Å². The highest BCUT2D eigenvalue weighted by molar-refractivity contribution is 6.34. The first-order chi connectivity index (χ1) is 14.5. The summed E-state index contributed by atoms with van der Waals surface area (Å²) in [6.07, 6.45) is 0.416. The van der Waals surface area contributed by atoms with Crippen LogP contribution in [0.25, 0.3) is 0 Å². The van der Waals surface area contributed by atoms with E-state index >= 15 is 0 Å². The molecule has 1 saturated heterocycles. The zero-order valence-electron chi connectivity index (χ0n) is 15.8. The van der Waals surface area contributed by atoms with Gasteiger partial charge in [-0.05, 0) is 30.2 Å². The maximum absolute atomic E-state index is 13.1. The molecule has 1 aliphatic rings. The lowest BCUT2D eigenvalue weighted by Gasteiger charge is -2.19. The van der Waals surface area contributed by atoms with Crippen molar-refractivity contribution in [2.45, 2.75) is 12.5 Å². The first-order valence-corrected chi connectivity index (χ1v) is 9.73. The van der Waals surface area contributed by atoms with Crippen LogP contribution in [0.3, 0.4) is 0 Å². The molecule has 2 aromatic carbocycles. The van der Waals surface area contributed by atoms with Gasteiger partial charge in [-0.1, -0.05) is 41.9 Å². The maximum Gasteiger partial charge on any atom is 0.340 e. The lowest BCUT2D eigenvalue weighted by atomic mass is 10.0. The van der Waals surface area contributed by atoms with Gasteiger partial charge in [0.25, 0.3) is 5.91 Å². The highest BCUT2D eigenvalue weighted by Gasteiger charge is 2.25. The van der Waals surface area contributed by atoms with Crippen LogP contribution in [0, 0.1) is 0 Å². The van der Waals surface area contributed by atoms with Crippen LogP contribution in [-0.4, -0.2) is 40.2 Å². The van der Waals surface area contributed by atoms with Crippen molar-refractivity contribution in [3.8, 4) is 0 Å². The summed E-state index contributed by atoms with van der Waals surface area (Å²) in [6, 6.07) is 13.6. The van der Waals surface area contributed by atoms with Gasteiger partial charge in [0, 0.05) is 18.8 Å². The predicted molar refractivity (Wildman–Crippen MR) is 112 cm³/mol. The number of benzene rings is 2. The number of rotatable bonds is 6. The second-order valence-corrected chi connectivity index (χ2v) is 7.23. The van der Waals surface area contributed by atoms with Gasteiger partial charge in [-0.15, -0.1) is 0 Å². The Bertz CT molecular complexity index is 1130. The Balaban J connectivity index is 1.60. The molecule has 4 rings (SSSR count). The Morgan fingerprint density at radius 1 is 1.20 bits per heavy atom. The molecular weight excluding hydrogens is 408 g/mol. The first kappa shape index (κ1) is 19.7. The number of aromatic amines is 2. The van der Waals surface area contributed by atoms with Gasteiger partial charge in [0.15, 0.2) is 5.82 Å². The van der Waals surface area contributed by atoms with Crippen molar-refractivity contribution in [3.63, 3.8) is 0 Å². The highest BCUT2D eigenvalue weighted by atomic mass is 35.5. The van der Waals surface area contributed by atoms with Crippen molar-refractivity contribution < 1.29 is 9.59 Å². The largest absolute Gasteiger partial charge is 0.342 e. The van der Waals surface area contributed by atoms with E-state index in [9.17, 15) is 14.4 Å². The van der Waals surface area contributed by atoms with Crippen LogP contribution in [0.2, 0.25) is 5.02 Å². The summed E-state index contributed by atoms with van der Waals surface area (Å²) in [4.78, 5) is 40.7. The molecule has 0 bridgehead atoms. The lowest BCUT2D eigenvalue weighted by Crippen LogP contribution is -2.32. The summed E-state index contributed by atoms with van der Waals surface area (Å²) >= 11 is 6.27. The SMILES string of the molecule is O=C(NC(Cc1ccccc1)c1n[nH]c(=O)[nH]1)c1cc(N2CCNC2=O)ccc1Cl. The van der Waals surface area contributed by atoms with Crippen molar-refractivity contribution in [1.82, 2.24) is 25.8 Å². The van der Waals surface area contributed by atoms with Crippen LogP contribution in [0.5, 0.6) is 0 Å². The second kappa shape index (κ2) is 8.42. The molecule has 0 aliphatic carbocycles. The van der Waals surface area contributed by atoms with E-state index < -0.39 is 17.6 Å². The van der Waals surface area contributed by atoms with E-state index in [0.717, 1.165) is 5.56 Å². The molecule has 0 radical (unpaired) electrons. The van der Waals surface area contributed by atoms with Crippen molar-refractivity contribution in [3.05, 3.63) is 81.0 Å². The number of H-pyrrole nitrogens is 2. The van der Waals surface area contributed by atoms with Crippen LogP contribution in [-0.2, 0) is 6.42 Å². The van der Waals surface area contributed by atoms with Crippen molar-refractivity contribution >= 4 is 29.2 Å². The van der Waals surface area contributed by atoms with Gasteiger partial charge in [-0.3, -0.25) is 14.7 Å². The number of nitrogens with one attached hydrogen (secondary N) is 4. The summed E-state index contributed by atoms with van der Waals surface area (Å²) in [5.41, 5.74) is 1.30. The fourth-order valence-electron chi connectivity index (χ4n) is 3.32. The Kier molecular flexibility index (Phi) is 5.53. The molecule has 1 aromatic heterocycles. The zero-order chi connectivity index (χ0) is 21.1. The molecule has 2 heterocycles. The van der Waals surface area contributed by atoms with Crippen LogP contribution in [0.4, 0.5) is 10.5 Å². The minimum absolute atomic E-state index is 0.222. The summed E-state index contributed by atoms with van der Waals surface area (Å²) in [5.74, 6) is -0.130. The van der Waals surface area contributed by atoms with Crippen molar-refractivity contribution in [1.29, 1.82) is 0 Å². The van der Waals surface area contributed by atoms with Crippen LogP contribution in [0.15, 0.2) is 53.3 Å². The second-order valence-electron chi connectivity index (χ2n) is 6.83. The average molecular weight is 427 g/mol. The Labute approximate surface area is 176 Å². The fourth-order valence-corrected chi connectivity index (χ4v) is 3.53. The van der Waals surface area contributed by atoms with Crippen molar-refractivity contribution in [2.24, 2.45) is 0 Å².